The number of nitrogens with one attached hydrogen (secondary N) is 1. The van der Waals surface area contributed by atoms with E-state index in [0.717, 1.165) is 5.56 Å². The molecular formula is C14H18N4O2. The molecule has 0 aliphatic rings. The van der Waals surface area contributed by atoms with Crippen LogP contribution in [0.4, 0.5) is 5.82 Å². The monoisotopic (exact) mass is 274 g/mol. The van der Waals surface area contributed by atoms with Gasteiger partial charge in [0, 0.05) is 24.4 Å². The molecule has 0 aromatic carbocycles. The molecule has 106 valence electrons. The van der Waals surface area contributed by atoms with Gasteiger partial charge in [0.15, 0.2) is 0 Å². The van der Waals surface area contributed by atoms with Gasteiger partial charge in [0.1, 0.15) is 11.6 Å². The zero-order chi connectivity index (χ0) is 14.4. The Morgan fingerprint density at radius 2 is 2.15 bits per heavy atom. The Hall–Kier alpha value is -2.37. The molecule has 2 rings (SSSR count). The van der Waals surface area contributed by atoms with Crippen molar-refractivity contribution in [1.29, 1.82) is 0 Å². The molecule has 0 bridgehead atoms. The van der Waals surface area contributed by atoms with Crippen LogP contribution >= 0.6 is 0 Å². The predicted molar refractivity (Wildman–Crippen MR) is 76.1 cm³/mol. The second-order valence-electron chi connectivity index (χ2n) is 4.10. The van der Waals surface area contributed by atoms with Crippen LogP contribution in [-0.2, 0) is 6.54 Å². The summed E-state index contributed by atoms with van der Waals surface area (Å²) < 4.78 is 10.6. The summed E-state index contributed by atoms with van der Waals surface area (Å²) in [6, 6.07) is 5.60. The first-order valence-corrected chi connectivity index (χ1v) is 6.43. The molecule has 0 saturated carbocycles. The van der Waals surface area contributed by atoms with E-state index in [1.165, 1.54) is 0 Å². The Morgan fingerprint density at radius 3 is 2.90 bits per heavy atom. The third-order valence-corrected chi connectivity index (χ3v) is 2.61. The lowest BCUT2D eigenvalue weighted by Crippen LogP contribution is -2.06. The van der Waals surface area contributed by atoms with Crippen LogP contribution in [0.1, 0.15) is 18.3 Å². The molecule has 2 aromatic heterocycles. The number of hydrogen-bond acceptors (Lipinski definition) is 6. The maximum absolute atomic E-state index is 5.40. The maximum Gasteiger partial charge on any atom is 0.218 e. The fraction of sp³-hybridized carbons (Fsp3) is 0.357. The van der Waals surface area contributed by atoms with E-state index in [1.807, 2.05) is 26.0 Å². The lowest BCUT2D eigenvalue weighted by atomic mass is 10.2. The molecule has 0 spiro atoms. The number of aryl methyl sites for hydroxylation is 1. The van der Waals surface area contributed by atoms with Crippen molar-refractivity contribution in [1.82, 2.24) is 15.0 Å². The number of hydrogen-bond donors (Lipinski definition) is 1. The van der Waals surface area contributed by atoms with Crippen molar-refractivity contribution in [2.24, 2.45) is 0 Å². The van der Waals surface area contributed by atoms with Gasteiger partial charge in [-0.1, -0.05) is 6.07 Å². The Morgan fingerprint density at radius 1 is 1.30 bits per heavy atom. The van der Waals surface area contributed by atoms with Gasteiger partial charge in [-0.25, -0.2) is 9.97 Å². The molecule has 6 nitrogen and oxygen atoms in total. The molecule has 6 heteroatoms. The first-order valence-electron chi connectivity index (χ1n) is 6.43. The molecule has 2 heterocycles. The smallest absolute Gasteiger partial charge is 0.218 e. The number of rotatable bonds is 6. The predicted octanol–water partition coefficient (Wildman–Crippen LogP) is 2.20. The summed E-state index contributed by atoms with van der Waals surface area (Å²) in [5.74, 6) is 2.56. The first kappa shape index (κ1) is 14.0. The van der Waals surface area contributed by atoms with E-state index in [2.05, 4.69) is 20.3 Å². The number of pyridine rings is 1. The summed E-state index contributed by atoms with van der Waals surface area (Å²) in [5.41, 5.74) is 0.962. The zero-order valence-electron chi connectivity index (χ0n) is 11.9. The number of aromatic nitrogens is 3. The molecule has 1 N–H and O–H groups in total. The fourth-order valence-electron chi connectivity index (χ4n) is 1.78. The third-order valence-electron chi connectivity index (χ3n) is 2.61. The van der Waals surface area contributed by atoms with Crippen LogP contribution in [0.3, 0.4) is 0 Å². The van der Waals surface area contributed by atoms with Gasteiger partial charge in [-0.2, -0.15) is 4.98 Å². The van der Waals surface area contributed by atoms with Gasteiger partial charge in [0.05, 0.1) is 13.7 Å². The average molecular weight is 274 g/mol. The standard InChI is InChI=1S/C14H18N4O2/c1-4-20-13-8-12(17-10(2)18-13)16-9-11-6-5-7-15-14(11)19-3/h5-8H,4,9H2,1-3H3,(H,16,17,18). The van der Waals surface area contributed by atoms with Crippen LogP contribution in [0.5, 0.6) is 11.8 Å². The topological polar surface area (TPSA) is 69.2 Å². The summed E-state index contributed by atoms with van der Waals surface area (Å²) >= 11 is 0. The van der Waals surface area contributed by atoms with Gasteiger partial charge >= 0.3 is 0 Å². The van der Waals surface area contributed by atoms with Crippen LogP contribution in [0.25, 0.3) is 0 Å². The first-order chi connectivity index (χ1) is 9.72. The SMILES string of the molecule is CCOc1cc(NCc2cccnc2OC)nc(C)n1. The Labute approximate surface area is 118 Å². The Bertz CT molecular complexity index is 575. The summed E-state index contributed by atoms with van der Waals surface area (Å²) in [6.45, 7) is 4.90. The van der Waals surface area contributed by atoms with Gasteiger partial charge in [-0.3, -0.25) is 0 Å². The molecule has 2 aromatic rings. The molecule has 0 amide bonds. The van der Waals surface area contributed by atoms with Gasteiger partial charge in [0.2, 0.25) is 11.8 Å². The van der Waals surface area contributed by atoms with Crippen LogP contribution < -0.4 is 14.8 Å². The van der Waals surface area contributed by atoms with Crippen molar-refractivity contribution in [3.63, 3.8) is 0 Å². The highest BCUT2D eigenvalue weighted by Gasteiger charge is 2.05. The number of anilines is 1. The molecule has 0 aliphatic heterocycles. The highest BCUT2D eigenvalue weighted by atomic mass is 16.5. The quantitative estimate of drug-likeness (QED) is 0.871. The molecule has 0 aliphatic carbocycles. The summed E-state index contributed by atoms with van der Waals surface area (Å²) in [5, 5.41) is 3.22. The van der Waals surface area contributed by atoms with Crippen molar-refractivity contribution in [3.05, 3.63) is 35.8 Å². The molecule has 20 heavy (non-hydrogen) atoms. The lowest BCUT2D eigenvalue weighted by Gasteiger charge is -2.10. The highest BCUT2D eigenvalue weighted by molar-refractivity contribution is 5.40. The molecule has 0 atom stereocenters. The molecule has 0 radical (unpaired) electrons. The fourth-order valence-corrected chi connectivity index (χ4v) is 1.78. The second-order valence-corrected chi connectivity index (χ2v) is 4.10. The van der Waals surface area contributed by atoms with Crippen LogP contribution in [0, 0.1) is 6.92 Å². The largest absolute Gasteiger partial charge is 0.481 e. The van der Waals surface area contributed by atoms with Crippen molar-refractivity contribution < 1.29 is 9.47 Å². The summed E-state index contributed by atoms with van der Waals surface area (Å²) in [4.78, 5) is 12.7. The number of nitrogens with zero attached hydrogens (tertiary/aromatic N) is 3. The Balaban J connectivity index is 2.10. The molecule has 0 fully saturated rings. The maximum atomic E-state index is 5.40. The van der Waals surface area contributed by atoms with Crippen molar-refractivity contribution >= 4 is 5.82 Å². The van der Waals surface area contributed by atoms with E-state index >= 15 is 0 Å². The lowest BCUT2D eigenvalue weighted by molar-refractivity contribution is 0.325. The van der Waals surface area contributed by atoms with Gasteiger partial charge < -0.3 is 14.8 Å². The van der Waals surface area contributed by atoms with Crippen molar-refractivity contribution in [2.45, 2.75) is 20.4 Å². The second kappa shape index (κ2) is 6.70. The third kappa shape index (κ3) is 3.57. The minimum atomic E-state index is 0.568. The summed E-state index contributed by atoms with van der Waals surface area (Å²) in [7, 11) is 1.61. The van der Waals surface area contributed by atoms with Gasteiger partial charge in [0.25, 0.3) is 0 Å². The van der Waals surface area contributed by atoms with Crippen LogP contribution in [0.2, 0.25) is 0 Å². The van der Waals surface area contributed by atoms with Crippen molar-refractivity contribution in [3.8, 4) is 11.8 Å². The van der Waals surface area contributed by atoms with E-state index in [1.54, 1.807) is 19.4 Å². The summed E-state index contributed by atoms with van der Waals surface area (Å²) in [6.07, 6.45) is 1.70. The van der Waals surface area contributed by atoms with E-state index in [9.17, 15) is 0 Å². The number of ether oxygens (including phenoxy) is 2. The normalized spacial score (nSPS) is 10.2. The van der Waals surface area contributed by atoms with Crippen molar-refractivity contribution in [2.75, 3.05) is 19.0 Å². The number of methoxy groups -OCH3 is 1. The Kier molecular flexibility index (Phi) is 4.70. The highest BCUT2D eigenvalue weighted by Crippen LogP contribution is 2.17. The van der Waals surface area contributed by atoms with Crippen LogP contribution in [-0.4, -0.2) is 28.7 Å². The average Bonchev–Trinajstić information content (AvgIpc) is 2.45. The van der Waals surface area contributed by atoms with Gasteiger partial charge in [-0.05, 0) is 19.9 Å². The van der Waals surface area contributed by atoms with E-state index in [0.29, 0.717) is 36.6 Å². The molecule has 0 saturated heterocycles. The molecule has 0 unspecified atom stereocenters. The van der Waals surface area contributed by atoms with E-state index in [-0.39, 0.29) is 0 Å². The van der Waals surface area contributed by atoms with E-state index in [4.69, 9.17) is 9.47 Å². The zero-order valence-corrected chi connectivity index (χ0v) is 11.9. The van der Waals surface area contributed by atoms with Gasteiger partial charge in [-0.15, -0.1) is 0 Å². The van der Waals surface area contributed by atoms with E-state index < -0.39 is 0 Å². The van der Waals surface area contributed by atoms with Crippen LogP contribution in [0.15, 0.2) is 24.4 Å². The minimum absolute atomic E-state index is 0.568. The molecular weight excluding hydrogens is 256 g/mol. The minimum Gasteiger partial charge on any atom is -0.481 e.